The second kappa shape index (κ2) is 8.53. The maximum absolute atomic E-state index is 11.6. The van der Waals surface area contributed by atoms with Crippen molar-refractivity contribution in [1.29, 1.82) is 0 Å². The molecule has 3 aliphatic rings. The Morgan fingerprint density at radius 3 is 2.82 bits per heavy atom. The van der Waals surface area contributed by atoms with Gasteiger partial charge in [0.2, 0.25) is 0 Å². The summed E-state index contributed by atoms with van der Waals surface area (Å²) in [7, 11) is 3.81. The fourth-order valence-corrected chi connectivity index (χ4v) is 4.37. The Hall–Kier alpha value is -2.05. The van der Waals surface area contributed by atoms with Crippen LogP contribution >= 0.6 is 0 Å². The van der Waals surface area contributed by atoms with Gasteiger partial charge in [0.15, 0.2) is 11.5 Å². The van der Waals surface area contributed by atoms with Crippen molar-refractivity contribution in [2.45, 2.75) is 57.3 Å². The monoisotopic (exact) mass is 388 g/mol. The average Bonchev–Trinajstić information content (AvgIpc) is 2.94. The molecule has 2 N–H and O–H groups in total. The molecule has 0 bridgehead atoms. The quantitative estimate of drug-likeness (QED) is 0.634. The van der Waals surface area contributed by atoms with Crippen LogP contribution in [0.25, 0.3) is 0 Å². The molecule has 154 valence electrons. The second-order valence-electron chi connectivity index (χ2n) is 7.80. The summed E-state index contributed by atoms with van der Waals surface area (Å²) in [6.45, 7) is 6.02. The Labute approximate surface area is 167 Å². The number of benzene rings is 1. The minimum Gasteiger partial charge on any atom is -0.493 e. The van der Waals surface area contributed by atoms with Crippen LogP contribution in [0, 0.1) is 0 Å². The molecule has 0 fully saturated rings. The third-order valence-electron chi connectivity index (χ3n) is 5.58. The van der Waals surface area contributed by atoms with E-state index in [0.717, 1.165) is 31.0 Å². The van der Waals surface area contributed by atoms with Gasteiger partial charge >= 0.3 is 5.97 Å². The number of rotatable bonds is 3. The lowest BCUT2D eigenvalue weighted by Gasteiger charge is -2.36. The molecule has 28 heavy (non-hydrogen) atoms. The lowest BCUT2D eigenvalue weighted by molar-refractivity contribution is -0.146. The van der Waals surface area contributed by atoms with E-state index in [1.54, 1.807) is 7.11 Å². The number of esters is 1. The molecule has 6 nitrogen and oxygen atoms in total. The van der Waals surface area contributed by atoms with Crippen molar-refractivity contribution in [2.75, 3.05) is 27.2 Å². The molecule has 3 unspecified atom stereocenters. The molecule has 0 saturated carbocycles. The van der Waals surface area contributed by atoms with E-state index in [0.29, 0.717) is 6.42 Å². The molecule has 0 radical (unpaired) electrons. The number of hydrogen-bond acceptors (Lipinski definition) is 6. The summed E-state index contributed by atoms with van der Waals surface area (Å²) in [4.78, 5) is 13.9. The molecule has 1 spiro atoms. The van der Waals surface area contributed by atoms with Gasteiger partial charge in [-0.15, -0.1) is 0 Å². The second-order valence-corrected chi connectivity index (χ2v) is 7.80. The predicted octanol–water partition coefficient (Wildman–Crippen LogP) is 2.78. The highest BCUT2D eigenvalue weighted by Crippen LogP contribution is 2.55. The van der Waals surface area contributed by atoms with Crippen molar-refractivity contribution in [3.05, 3.63) is 35.4 Å². The van der Waals surface area contributed by atoms with Crippen LogP contribution < -0.4 is 15.2 Å². The topological polar surface area (TPSA) is 74.0 Å². The predicted molar refractivity (Wildman–Crippen MR) is 109 cm³/mol. The van der Waals surface area contributed by atoms with Crippen LogP contribution in [-0.2, 0) is 21.5 Å². The Kier molecular flexibility index (Phi) is 6.30. The molecule has 1 aromatic rings. The van der Waals surface area contributed by atoms with Crippen LogP contribution in [0.4, 0.5) is 0 Å². The van der Waals surface area contributed by atoms with Crippen molar-refractivity contribution in [1.82, 2.24) is 4.90 Å². The summed E-state index contributed by atoms with van der Waals surface area (Å²) in [5.41, 5.74) is 7.70. The standard InChI is InChI=1S/C19H24N2O4.C3H8/c1-21-8-7-19-6-5-13(24-16(22)10-20)9-15(19)25-18-14(23-2)4-3-12(11-21)17(18)19;1-3-2/h3-6,13,15H,7-11,20H2,1-2H3;3H2,1-2H3. The minimum atomic E-state index is -0.389. The Bertz CT molecular complexity index is 748. The van der Waals surface area contributed by atoms with Crippen molar-refractivity contribution < 1.29 is 19.0 Å². The van der Waals surface area contributed by atoms with E-state index in [1.807, 2.05) is 12.1 Å². The zero-order valence-corrected chi connectivity index (χ0v) is 17.4. The summed E-state index contributed by atoms with van der Waals surface area (Å²) >= 11 is 0. The van der Waals surface area contributed by atoms with Gasteiger partial charge in [-0.25, -0.2) is 0 Å². The van der Waals surface area contributed by atoms with E-state index in [4.69, 9.17) is 19.9 Å². The molecule has 0 saturated heterocycles. The molecule has 1 aromatic carbocycles. The molecular formula is C22H32N2O4. The van der Waals surface area contributed by atoms with Gasteiger partial charge in [-0.1, -0.05) is 32.4 Å². The van der Waals surface area contributed by atoms with Gasteiger partial charge in [0.05, 0.1) is 19.1 Å². The number of ether oxygens (including phenoxy) is 3. The number of carbonyl (C=O) groups excluding carboxylic acids is 1. The smallest absolute Gasteiger partial charge is 0.320 e. The normalized spacial score (nSPS) is 27.5. The largest absolute Gasteiger partial charge is 0.493 e. The third-order valence-corrected chi connectivity index (χ3v) is 5.58. The van der Waals surface area contributed by atoms with Crippen LogP contribution in [0.1, 0.15) is 44.2 Å². The summed E-state index contributed by atoms with van der Waals surface area (Å²) in [5.74, 6) is 1.22. The molecule has 4 rings (SSSR count). The van der Waals surface area contributed by atoms with Crippen LogP contribution in [0.15, 0.2) is 24.3 Å². The lowest BCUT2D eigenvalue weighted by Crippen LogP contribution is -2.44. The third kappa shape index (κ3) is 3.63. The number of hydrogen-bond donors (Lipinski definition) is 1. The molecule has 3 atom stereocenters. The van der Waals surface area contributed by atoms with Crippen molar-refractivity contribution >= 4 is 5.97 Å². The van der Waals surface area contributed by atoms with E-state index >= 15 is 0 Å². The number of nitrogens with two attached hydrogens (primary N) is 1. The average molecular weight is 389 g/mol. The number of carbonyl (C=O) groups is 1. The fraction of sp³-hybridized carbons (Fsp3) is 0.591. The van der Waals surface area contributed by atoms with Crippen LogP contribution in [0.3, 0.4) is 0 Å². The van der Waals surface area contributed by atoms with Crippen molar-refractivity contribution in [3.63, 3.8) is 0 Å². The first-order valence-corrected chi connectivity index (χ1v) is 10.1. The first kappa shape index (κ1) is 20.7. The highest BCUT2D eigenvalue weighted by molar-refractivity contribution is 5.71. The molecular weight excluding hydrogens is 356 g/mol. The number of methoxy groups -OCH3 is 1. The fourth-order valence-electron chi connectivity index (χ4n) is 4.37. The maximum Gasteiger partial charge on any atom is 0.320 e. The van der Waals surface area contributed by atoms with Crippen LogP contribution in [-0.4, -0.2) is 50.3 Å². The summed E-state index contributed by atoms with van der Waals surface area (Å²) in [6.07, 6.45) is 6.67. The van der Waals surface area contributed by atoms with Crippen molar-refractivity contribution in [2.24, 2.45) is 5.73 Å². The molecule has 2 heterocycles. The van der Waals surface area contributed by atoms with Crippen LogP contribution in [0.2, 0.25) is 0 Å². The minimum absolute atomic E-state index is 0.0652. The van der Waals surface area contributed by atoms with Gasteiger partial charge in [0, 0.05) is 18.5 Å². The van der Waals surface area contributed by atoms with Gasteiger partial charge < -0.3 is 24.8 Å². The Balaban J connectivity index is 0.000000706. The zero-order valence-electron chi connectivity index (χ0n) is 17.4. The van der Waals surface area contributed by atoms with E-state index in [-0.39, 0.29) is 30.1 Å². The first-order valence-electron chi connectivity index (χ1n) is 10.1. The zero-order chi connectivity index (χ0) is 20.3. The van der Waals surface area contributed by atoms with Crippen LogP contribution in [0.5, 0.6) is 11.5 Å². The summed E-state index contributed by atoms with van der Waals surface area (Å²) in [6, 6.07) is 4.12. The molecule has 1 aliphatic carbocycles. The van der Waals surface area contributed by atoms with E-state index in [1.165, 1.54) is 17.5 Å². The summed E-state index contributed by atoms with van der Waals surface area (Å²) in [5, 5.41) is 0. The highest BCUT2D eigenvalue weighted by atomic mass is 16.6. The lowest BCUT2D eigenvalue weighted by atomic mass is 9.69. The maximum atomic E-state index is 11.6. The molecule has 6 heteroatoms. The van der Waals surface area contributed by atoms with Gasteiger partial charge in [-0.05, 0) is 37.7 Å². The Morgan fingerprint density at radius 1 is 1.39 bits per heavy atom. The van der Waals surface area contributed by atoms with Gasteiger partial charge in [-0.2, -0.15) is 0 Å². The van der Waals surface area contributed by atoms with Crippen molar-refractivity contribution in [3.8, 4) is 11.5 Å². The van der Waals surface area contributed by atoms with E-state index in [2.05, 4.69) is 37.9 Å². The van der Waals surface area contributed by atoms with E-state index in [9.17, 15) is 4.79 Å². The van der Waals surface area contributed by atoms with Gasteiger partial charge in [0.25, 0.3) is 0 Å². The van der Waals surface area contributed by atoms with E-state index < -0.39 is 0 Å². The SMILES string of the molecule is CCC.COc1ccc2c3c1OC1CC(OC(=O)CN)C=CC31CCN(C)C2. The highest BCUT2D eigenvalue weighted by Gasteiger charge is 2.53. The first-order chi connectivity index (χ1) is 13.5. The van der Waals surface area contributed by atoms with Gasteiger partial charge in [0.1, 0.15) is 12.2 Å². The summed E-state index contributed by atoms with van der Waals surface area (Å²) < 4.78 is 17.3. The Morgan fingerprint density at radius 2 is 2.14 bits per heavy atom. The molecule has 0 amide bonds. The molecule has 2 aliphatic heterocycles. The van der Waals surface area contributed by atoms with Gasteiger partial charge in [-0.3, -0.25) is 4.79 Å². The number of nitrogens with zero attached hydrogens (tertiary/aromatic N) is 1. The molecule has 0 aromatic heterocycles.